The Morgan fingerprint density at radius 3 is 2.12 bits per heavy atom. The molecule has 2 N–H and O–H groups in total. The van der Waals surface area contributed by atoms with Crippen LogP contribution in [0.5, 0.6) is 5.75 Å². The second kappa shape index (κ2) is 5.65. The number of benzene rings is 1. The molecule has 0 bridgehead atoms. The van der Waals surface area contributed by atoms with Crippen LogP contribution in [0.1, 0.15) is 27.2 Å². The van der Waals surface area contributed by atoms with Crippen LogP contribution in [0.2, 0.25) is 10.0 Å². The Balaban J connectivity index is 2.81. The predicted octanol–water partition coefficient (Wildman–Crippen LogP) is 4.39. The normalized spacial score (nSPS) is 12.9. The van der Waals surface area contributed by atoms with Crippen molar-refractivity contribution in [2.24, 2.45) is 5.92 Å². The summed E-state index contributed by atoms with van der Waals surface area (Å²) in [7, 11) is 0. The highest BCUT2D eigenvalue weighted by atomic mass is 35.5. The van der Waals surface area contributed by atoms with Gasteiger partial charge in [0.2, 0.25) is 0 Å². The first-order chi connectivity index (χ1) is 7.40. The smallest absolute Gasteiger partial charge is 0.157 e. The van der Waals surface area contributed by atoms with Crippen molar-refractivity contribution < 1.29 is 4.74 Å². The average molecular weight is 262 g/mol. The van der Waals surface area contributed by atoms with Crippen LogP contribution in [-0.4, -0.2) is 6.10 Å². The summed E-state index contributed by atoms with van der Waals surface area (Å²) in [5.74, 6) is 1.09. The minimum atomic E-state index is 0.0821. The summed E-state index contributed by atoms with van der Waals surface area (Å²) in [5.41, 5.74) is 6.16. The zero-order valence-electron chi connectivity index (χ0n) is 9.76. The van der Waals surface area contributed by atoms with Crippen LogP contribution in [0, 0.1) is 5.92 Å². The van der Waals surface area contributed by atoms with Gasteiger partial charge in [0.1, 0.15) is 0 Å². The van der Waals surface area contributed by atoms with Crippen molar-refractivity contribution >= 4 is 28.9 Å². The van der Waals surface area contributed by atoms with Crippen molar-refractivity contribution in [3.63, 3.8) is 0 Å². The van der Waals surface area contributed by atoms with E-state index in [1.165, 1.54) is 0 Å². The van der Waals surface area contributed by atoms with Crippen molar-refractivity contribution in [3.8, 4) is 5.75 Å². The van der Waals surface area contributed by atoms with Crippen LogP contribution >= 0.6 is 23.2 Å². The first kappa shape index (κ1) is 13.5. The van der Waals surface area contributed by atoms with E-state index in [4.69, 9.17) is 33.7 Å². The molecule has 4 heteroatoms. The molecule has 90 valence electrons. The Labute approximate surface area is 107 Å². The van der Waals surface area contributed by atoms with E-state index in [9.17, 15) is 0 Å². The van der Waals surface area contributed by atoms with Crippen LogP contribution in [0.15, 0.2) is 12.1 Å². The van der Waals surface area contributed by atoms with Gasteiger partial charge < -0.3 is 10.5 Å². The molecule has 0 spiro atoms. The molecule has 0 saturated carbocycles. The van der Waals surface area contributed by atoms with E-state index >= 15 is 0 Å². The third kappa shape index (κ3) is 3.76. The summed E-state index contributed by atoms with van der Waals surface area (Å²) >= 11 is 12.1. The highest BCUT2D eigenvalue weighted by molar-refractivity contribution is 6.37. The molecule has 0 radical (unpaired) electrons. The lowest BCUT2D eigenvalue weighted by atomic mass is 10.1. The van der Waals surface area contributed by atoms with E-state index in [0.29, 0.717) is 27.4 Å². The average Bonchev–Trinajstić information content (AvgIpc) is 2.09. The second-order valence-corrected chi connectivity index (χ2v) is 5.19. The molecular formula is C12H17Cl2NO. The van der Waals surface area contributed by atoms with Gasteiger partial charge in [0.25, 0.3) is 0 Å². The fraction of sp³-hybridized carbons (Fsp3) is 0.500. The molecule has 0 fully saturated rings. The number of nitrogens with two attached hydrogens (primary N) is 1. The van der Waals surface area contributed by atoms with E-state index in [0.717, 1.165) is 6.42 Å². The third-order valence-corrected chi connectivity index (χ3v) is 2.70. The maximum Gasteiger partial charge on any atom is 0.157 e. The highest BCUT2D eigenvalue weighted by Gasteiger charge is 2.13. The third-order valence-electron chi connectivity index (χ3n) is 2.14. The van der Waals surface area contributed by atoms with Crippen molar-refractivity contribution in [1.29, 1.82) is 0 Å². The van der Waals surface area contributed by atoms with Gasteiger partial charge in [0.05, 0.1) is 16.1 Å². The van der Waals surface area contributed by atoms with Crippen molar-refractivity contribution in [1.82, 2.24) is 0 Å². The first-order valence-electron chi connectivity index (χ1n) is 5.31. The Bertz CT molecular complexity index is 343. The summed E-state index contributed by atoms with van der Waals surface area (Å²) < 4.78 is 5.72. The molecule has 1 aromatic carbocycles. The molecule has 16 heavy (non-hydrogen) atoms. The van der Waals surface area contributed by atoms with E-state index in [1.54, 1.807) is 12.1 Å². The molecule has 0 aromatic heterocycles. The second-order valence-electron chi connectivity index (χ2n) is 4.37. The summed E-state index contributed by atoms with van der Waals surface area (Å²) in [4.78, 5) is 0. The fourth-order valence-electron chi connectivity index (χ4n) is 1.61. The fourth-order valence-corrected chi connectivity index (χ4v) is 2.20. The molecule has 0 amide bonds. The predicted molar refractivity (Wildman–Crippen MR) is 70.4 cm³/mol. The maximum atomic E-state index is 6.03. The molecule has 1 atom stereocenters. The van der Waals surface area contributed by atoms with Crippen LogP contribution in [0.4, 0.5) is 5.69 Å². The van der Waals surface area contributed by atoms with Crippen LogP contribution < -0.4 is 10.5 Å². The lowest BCUT2D eigenvalue weighted by Crippen LogP contribution is -2.15. The summed E-state index contributed by atoms with van der Waals surface area (Å²) in [6, 6.07) is 3.29. The molecule has 0 heterocycles. The standard InChI is InChI=1S/C12H17Cl2NO/c1-7(2)4-8(3)16-12-10(13)5-9(15)6-11(12)14/h5-8H,4,15H2,1-3H3. The van der Waals surface area contributed by atoms with Gasteiger partial charge in [0.15, 0.2) is 5.75 Å². The molecule has 0 aliphatic heterocycles. The van der Waals surface area contributed by atoms with E-state index in [-0.39, 0.29) is 6.10 Å². The lowest BCUT2D eigenvalue weighted by molar-refractivity contribution is 0.193. The molecule has 0 saturated heterocycles. The van der Waals surface area contributed by atoms with Crippen LogP contribution in [-0.2, 0) is 0 Å². The number of nitrogen functional groups attached to an aromatic ring is 1. The number of rotatable bonds is 4. The van der Waals surface area contributed by atoms with Gasteiger partial charge in [-0.1, -0.05) is 37.0 Å². The van der Waals surface area contributed by atoms with Gasteiger partial charge >= 0.3 is 0 Å². The van der Waals surface area contributed by atoms with Crippen molar-refractivity contribution in [3.05, 3.63) is 22.2 Å². The molecule has 1 aromatic rings. The van der Waals surface area contributed by atoms with Crippen LogP contribution in [0.3, 0.4) is 0 Å². The van der Waals surface area contributed by atoms with Gasteiger partial charge in [-0.05, 0) is 31.4 Å². The lowest BCUT2D eigenvalue weighted by Gasteiger charge is -2.18. The van der Waals surface area contributed by atoms with E-state index in [1.807, 2.05) is 6.92 Å². The first-order valence-corrected chi connectivity index (χ1v) is 6.07. The molecular weight excluding hydrogens is 245 g/mol. The summed E-state index contributed by atoms with van der Waals surface area (Å²) in [6.07, 6.45) is 1.04. The Kier molecular flexibility index (Phi) is 4.75. The van der Waals surface area contributed by atoms with Crippen molar-refractivity contribution in [2.45, 2.75) is 33.3 Å². The summed E-state index contributed by atoms with van der Waals surface area (Å²) in [5, 5.41) is 0.918. The Morgan fingerprint density at radius 2 is 1.69 bits per heavy atom. The Morgan fingerprint density at radius 1 is 1.19 bits per heavy atom. The molecule has 0 aliphatic carbocycles. The number of hydrogen-bond donors (Lipinski definition) is 1. The molecule has 0 aliphatic rings. The minimum Gasteiger partial charge on any atom is -0.488 e. The van der Waals surface area contributed by atoms with E-state index in [2.05, 4.69) is 13.8 Å². The topological polar surface area (TPSA) is 35.2 Å². The SMILES string of the molecule is CC(C)CC(C)Oc1c(Cl)cc(N)cc1Cl. The molecule has 1 unspecified atom stereocenters. The largest absolute Gasteiger partial charge is 0.488 e. The minimum absolute atomic E-state index is 0.0821. The number of halogens is 2. The monoisotopic (exact) mass is 261 g/mol. The summed E-state index contributed by atoms with van der Waals surface area (Å²) in [6.45, 7) is 6.29. The molecule has 1 rings (SSSR count). The zero-order chi connectivity index (χ0) is 12.3. The quantitative estimate of drug-likeness (QED) is 0.817. The Hall–Kier alpha value is -0.600. The number of ether oxygens (including phenoxy) is 1. The van der Waals surface area contributed by atoms with Crippen LogP contribution in [0.25, 0.3) is 0 Å². The highest BCUT2D eigenvalue weighted by Crippen LogP contribution is 2.36. The number of anilines is 1. The van der Waals surface area contributed by atoms with E-state index < -0.39 is 0 Å². The zero-order valence-corrected chi connectivity index (χ0v) is 11.3. The van der Waals surface area contributed by atoms with Gasteiger partial charge in [-0.3, -0.25) is 0 Å². The van der Waals surface area contributed by atoms with Gasteiger partial charge in [-0.2, -0.15) is 0 Å². The van der Waals surface area contributed by atoms with Gasteiger partial charge in [-0.25, -0.2) is 0 Å². The van der Waals surface area contributed by atoms with Crippen molar-refractivity contribution in [2.75, 3.05) is 5.73 Å². The van der Waals surface area contributed by atoms with Gasteiger partial charge in [-0.15, -0.1) is 0 Å². The molecule has 2 nitrogen and oxygen atoms in total. The van der Waals surface area contributed by atoms with Gasteiger partial charge in [0, 0.05) is 5.69 Å². The number of hydrogen-bond acceptors (Lipinski definition) is 2. The maximum absolute atomic E-state index is 6.03.